The SMILES string of the molecule is C[C@@H]1Oc2ccc(NC(=O)Cc3csc(-c4cccc(Cl)c4)n3)cc2NC1=O. The van der Waals surface area contributed by atoms with Crippen molar-refractivity contribution >= 4 is 46.1 Å². The van der Waals surface area contributed by atoms with Crippen LogP contribution < -0.4 is 15.4 Å². The Labute approximate surface area is 170 Å². The maximum Gasteiger partial charge on any atom is 0.265 e. The maximum atomic E-state index is 12.4. The molecule has 0 fully saturated rings. The molecule has 0 bridgehead atoms. The van der Waals surface area contributed by atoms with Gasteiger partial charge in [-0.05, 0) is 37.3 Å². The molecule has 0 spiro atoms. The number of rotatable bonds is 4. The fourth-order valence-corrected chi connectivity index (χ4v) is 3.81. The number of thiazole rings is 1. The van der Waals surface area contributed by atoms with Gasteiger partial charge < -0.3 is 15.4 Å². The summed E-state index contributed by atoms with van der Waals surface area (Å²) in [4.78, 5) is 28.6. The lowest BCUT2D eigenvalue weighted by Gasteiger charge is -2.23. The Kier molecular flexibility index (Phi) is 5.02. The van der Waals surface area contributed by atoms with Crippen LogP contribution in [0.3, 0.4) is 0 Å². The Morgan fingerprint density at radius 3 is 3.00 bits per heavy atom. The number of fused-ring (bicyclic) bond motifs is 1. The topological polar surface area (TPSA) is 80.3 Å². The molecule has 4 rings (SSSR count). The van der Waals surface area contributed by atoms with Crippen molar-refractivity contribution < 1.29 is 14.3 Å². The molecular weight excluding hydrogens is 398 g/mol. The van der Waals surface area contributed by atoms with Crippen molar-refractivity contribution in [2.45, 2.75) is 19.4 Å². The molecule has 3 aromatic rings. The number of hydrogen-bond acceptors (Lipinski definition) is 5. The number of nitrogens with zero attached hydrogens (tertiary/aromatic N) is 1. The van der Waals surface area contributed by atoms with E-state index in [1.807, 2.05) is 23.6 Å². The third-order valence-electron chi connectivity index (χ3n) is 4.16. The van der Waals surface area contributed by atoms with Gasteiger partial charge in [0.1, 0.15) is 10.8 Å². The van der Waals surface area contributed by atoms with E-state index in [4.69, 9.17) is 16.3 Å². The molecule has 142 valence electrons. The Bertz CT molecular complexity index is 1070. The third-order valence-corrected chi connectivity index (χ3v) is 5.33. The van der Waals surface area contributed by atoms with Crippen LogP contribution in [0.1, 0.15) is 12.6 Å². The maximum absolute atomic E-state index is 12.4. The molecule has 0 saturated carbocycles. The number of nitrogens with one attached hydrogen (secondary N) is 2. The minimum Gasteiger partial charge on any atom is -0.479 e. The van der Waals surface area contributed by atoms with Gasteiger partial charge in [-0.15, -0.1) is 11.3 Å². The highest BCUT2D eigenvalue weighted by Crippen LogP contribution is 2.32. The van der Waals surface area contributed by atoms with Crippen LogP contribution in [0.15, 0.2) is 47.8 Å². The number of benzene rings is 2. The second-order valence-corrected chi connectivity index (χ2v) is 7.63. The zero-order valence-corrected chi connectivity index (χ0v) is 16.4. The van der Waals surface area contributed by atoms with E-state index in [9.17, 15) is 9.59 Å². The summed E-state index contributed by atoms with van der Waals surface area (Å²) in [5.74, 6) is 0.169. The van der Waals surface area contributed by atoms with E-state index >= 15 is 0 Å². The average molecular weight is 414 g/mol. The van der Waals surface area contributed by atoms with Crippen molar-refractivity contribution in [2.75, 3.05) is 10.6 Å². The first-order valence-electron chi connectivity index (χ1n) is 8.60. The summed E-state index contributed by atoms with van der Waals surface area (Å²) in [7, 11) is 0. The summed E-state index contributed by atoms with van der Waals surface area (Å²) in [6.45, 7) is 1.68. The Balaban J connectivity index is 1.43. The van der Waals surface area contributed by atoms with Crippen molar-refractivity contribution in [1.82, 2.24) is 4.98 Å². The Hall–Kier alpha value is -2.90. The van der Waals surface area contributed by atoms with E-state index in [-0.39, 0.29) is 18.2 Å². The summed E-state index contributed by atoms with van der Waals surface area (Å²) in [5, 5.41) is 8.90. The summed E-state index contributed by atoms with van der Waals surface area (Å²) in [6, 6.07) is 12.6. The summed E-state index contributed by atoms with van der Waals surface area (Å²) in [5.41, 5.74) is 2.72. The summed E-state index contributed by atoms with van der Waals surface area (Å²) >= 11 is 7.49. The lowest BCUT2D eigenvalue weighted by molar-refractivity contribution is -0.122. The molecule has 0 unspecified atom stereocenters. The molecule has 1 aliphatic rings. The lowest BCUT2D eigenvalue weighted by Crippen LogP contribution is -2.34. The van der Waals surface area contributed by atoms with E-state index < -0.39 is 6.10 Å². The van der Waals surface area contributed by atoms with Crippen LogP contribution in [0.4, 0.5) is 11.4 Å². The summed E-state index contributed by atoms with van der Waals surface area (Å²) in [6.07, 6.45) is -0.389. The standard InChI is InChI=1S/C20H16ClN3O3S/c1-11-19(26)24-16-8-14(5-6-17(16)27-11)22-18(25)9-15-10-28-20(23-15)12-3-2-4-13(21)7-12/h2-8,10-11H,9H2,1H3,(H,22,25)(H,24,26)/t11-/m0/s1. The highest BCUT2D eigenvalue weighted by atomic mass is 35.5. The molecule has 1 atom stereocenters. The molecule has 1 aromatic heterocycles. The van der Waals surface area contributed by atoms with Crippen LogP contribution in [-0.2, 0) is 16.0 Å². The monoisotopic (exact) mass is 413 g/mol. The predicted molar refractivity (Wildman–Crippen MR) is 110 cm³/mol. The zero-order valence-electron chi connectivity index (χ0n) is 14.9. The fraction of sp³-hybridized carbons (Fsp3) is 0.150. The minimum atomic E-state index is -0.536. The molecule has 2 amide bonds. The van der Waals surface area contributed by atoms with Crippen LogP contribution in [0.5, 0.6) is 5.75 Å². The van der Waals surface area contributed by atoms with Gasteiger partial charge >= 0.3 is 0 Å². The number of carbonyl (C=O) groups excluding carboxylic acids is 2. The number of halogens is 1. The largest absolute Gasteiger partial charge is 0.479 e. The molecule has 2 aromatic carbocycles. The van der Waals surface area contributed by atoms with Gasteiger partial charge in [0, 0.05) is 21.7 Å². The van der Waals surface area contributed by atoms with Gasteiger partial charge in [0.2, 0.25) is 5.91 Å². The van der Waals surface area contributed by atoms with Crippen LogP contribution in [0.25, 0.3) is 10.6 Å². The van der Waals surface area contributed by atoms with E-state index in [1.54, 1.807) is 31.2 Å². The normalized spacial score (nSPS) is 15.4. The van der Waals surface area contributed by atoms with Crippen LogP contribution in [-0.4, -0.2) is 22.9 Å². The van der Waals surface area contributed by atoms with Gasteiger partial charge in [-0.25, -0.2) is 4.98 Å². The highest BCUT2D eigenvalue weighted by molar-refractivity contribution is 7.13. The van der Waals surface area contributed by atoms with Crippen molar-refractivity contribution in [3.63, 3.8) is 0 Å². The van der Waals surface area contributed by atoms with E-state index in [0.29, 0.717) is 27.8 Å². The minimum absolute atomic E-state index is 0.147. The van der Waals surface area contributed by atoms with E-state index in [2.05, 4.69) is 15.6 Å². The molecule has 0 saturated heterocycles. The fourth-order valence-electron chi connectivity index (χ4n) is 2.80. The number of amides is 2. The molecule has 28 heavy (non-hydrogen) atoms. The van der Waals surface area contributed by atoms with Crippen molar-refractivity contribution in [1.29, 1.82) is 0 Å². The number of anilines is 2. The van der Waals surface area contributed by atoms with E-state index in [1.165, 1.54) is 11.3 Å². The van der Waals surface area contributed by atoms with Gasteiger partial charge in [-0.3, -0.25) is 9.59 Å². The molecule has 2 N–H and O–H groups in total. The summed E-state index contributed by atoms with van der Waals surface area (Å²) < 4.78 is 5.51. The number of ether oxygens (including phenoxy) is 1. The third kappa shape index (κ3) is 4.00. The average Bonchev–Trinajstić information content (AvgIpc) is 3.11. The van der Waals surface area contributed by atoms with Crippen LogP contribution in [0, 0.1) is 0 Å². The number of carbonyl (C=O) groups is 2. The van der Waals surface area contributed by atoms with E-state index in [0.717, 1.165) is 10.6 Å². The second kappa shape index (κ2) is 7.61. The van der Waals surface area contributed by atoms with Gasteiger partial charge in [0.25, 0.3) is 5.91 Å². The lowest BCUT2D eigenvalue weighted by atomic mass is 10.2. The molecule has 2 heterocycles. The molecule has 0 radical (unpaired) electrons. The first kappa shape index (κ1) is 18.5. The molecule has 0 aliphatic carbocycles. The zero-order chi connectivity index (χ0) is 19.7. The Morgan fingerprint density at radius 2 is 2.18 bits per heavy atom. The Morgan fingerprint density at radius 1 is 1.32 bits per heavy atom. The van der Waals surface area contributed by atoms with Crippen molar-refractivity contribution in [3.05, 3.63) is 58.6 Å². The quantitative estimate of drug-likeness (QED) is 0.665. The second-order valence-electron chi connectivity index (χ2n) is 6.34. The molecular formula is C20H16ClN3O3S. The molecule has 8 heteroatoms. The van der Waals surface area contributed by atoms with Crippen molar-refractivity contribution in [2.24, 2.45) is 0 Å². The van der Waals surface area contributed by atoms with Crippen molar-refractivity contribution in [3.8, 4) is 16.3 Å². The molecule has 1 aliphatic heterocycles. The highest BCUT2D eigenvalue weighted by Gasteiger charge is 2.23. The first-order chi connectivity index (χ1) is 13.5. The van der Waals surface area contributed by atoms with Gasteiger partial charge in [-0.1, -0.05) is 23.7 Å². The van der Waals surface area contributed by atoms with Crippen LogP contribution >= 0.6 is 22.9 Å². The predicted octanol–water partition coefficient (Wildman–Crippen LogP) is 4.36. The van der Waals surface area contributed by atoms with Gasteiger partial charge in [0.15, 0.2) is 6.10 Å². The molecule has 6 nitrogen and oxygen atoms in total. The first-order valence-corrected chi connectivity index (χ1v) is 9.85. The number of aromatic nitrogens is 1. The van der Waals surface area contributed by atoms with Gasteiger partial charge in [0.05, 0.1) is 17.8 Å². The smallest absolute Gasteiger partial charge is 0.265 e. The van der Waals surface area contributed by atoms with Gasteiger partial charge in [-0.2, -0.15) is 0 Å². The van der Waals surface area contributed by atoms with Crippen LogP contribution in [0.2, 0.25) is 5.02 Å². The number of hydrogen-bond donors (Lipinski definition) is 2.